The molecular weight excluding hydrogens is 276 g/mol. The van der Waals surface area contributed by atoms with E-state index in [2.05, 4.69) is 19.9 Å². The maximum Gasteiger partial charge on any atom is 0.137 e. The van der Waals surface area contributed by atoms with E-state index in [4.69, 9.17) is 11.5 Å². The van der Waals surface area contributed by atoms with Crippen LogP contribution in [0.1, 0.15) is 11.4 Å². The van der Waals surface area contributed by atoms with Gasteiger partial charge in [0.05, 0.1) is 0 Å². The highest BCUT2D eigenvalue weighted by Crippen LogP contribution is 2.21. The molecule has 0 aliphatic carbocycles. The van der Waals surface area contributed by atoms with E-state index in [1.807, 2.05) is 36.7 Å². The number of aromatic amines is 2. The van der Waals surface area contributed by atoms with Crippen molar-refractivity contribution in [2.75, 3.05) is 13.1 Å². The third-order valence-electron chi connectivity index (χ3n) is 3.52. The Morgan fingerprint density at radius 2 is 1.14 bits per heavy atom. The zero-order chi connectivity index (χ0) is 15.4. The molecule has 0 saturated heterocycles. The fourth-order valence-electron chi connectivity index (χ4n) is 2.36. The number of benzene rings is 1. The van der Waals surface area contributed by atoms with Gasteiger partial charge in [-0.15, -0.1) is 0 Å². The minimum atomic E-state index is 0.615. The minimum absolute atomic E-state index is 0.615. The maximum atomic E-state index is 5.55. The average Bonchev–Trinajstić information content (AvgIpc) is 3.18. The van der Waals surface area contributed by atoms with Gasteiger partial charge in [-0.05, 0) is 13.1 Å². The van der Waals surface area contributed by atoms with Gasteiger partial charge in [0, 0.05) is 47.8 Å². The monoisotopic (exact) mass is 296 g/mol. The lowest BCUT2D eigenvalue weighted by Gasteiger charge is -2.00. The Bertz CT molecular complexity index is 662. The summed E-state index contributed by atoms with van der Waals surface area (Å²) >= 11 is 0. The van der Waals surface area contributed by atoms with Crippen molar-refractivity contribution in [1.82, 2.24) is 19.9 Å². The highest BCUT2D eigenvalue weighted by Gasteiger charge is 2.06. The molecule has 3 aromatic rings. The zero-order valence-corrected chi connectivity index (χ0v) is 12.3. The van der Waals surface area contributed by atoms with E-state index in [9.17, 15) is 0 Å². The first-order valence-corrected chi connectivity index (χ1v) is 7.39. The molecule has 0 aliphatic rings. The molecule has 0 amide bonds. The zero-order valence-electron chi connectivity index (χ0n) is 12.3. The highest BCUT2D eigenvalue weighted by molar-refractivity contribution is 5.63. The predicted molar refractivity (Wildman–Crippen MR) is 87.1 cm³/mol. The fourth-order valence-corrected chi connectivity index (χ4v) is 2.36. The molecule has 0 spiro atoms. The molecule has 3 rings (SSSR count). The molecule has 1 aromatic carbocycles. The van der Waals surface area contributed by atoms with Crippen molar-refractivity contribution in [2.24, 2.45) is 11.5 Å². The SMILES string of the molecule is NCCc1cnc(-c2ccc(-c3ncc(CCN)[nH]3)cc2)[nH]1. The third-order valence-corrected chi connectivity index (χ3v) is 3.52. The average molecular weight is 296 g/mol. The van der Waals surface area contributed by atoms with Crippen LogP contribution in [0.3, 0.4) is 0 Å². The van der Waals surface area contributed by atoms with Crippen LogP contribution in [0.25, 0.3) is 22.8 Å². The number of hydrogen-bond donors (Lipinski definition) is 4. The first kappa shape index (κ1) is 14.5. The number of H-pyrrole nitrogens is 2. The van der Waals surface area contributed by atoms with Crippen LogP contribution in [0.15, 0.2) is 36.7 Å². The van der Waals surface area contributed by atoms with E-state index >= 15 is 0 Å². The summed E-state index contributed by atoms with van der Waals surface area (Å²) in [5.74, 6) is 1.72. The summed E-state index contributed by atoms with van der Waals surface area (Å²) in [6.45, 7) is 1.23. The molecular formula is C16H20N6. The van der Waals surface area contributed by atoms with E-state index in [0.717, 1.165) is 47.0 Å². The Balaban J connectivity index is 1.79. The smallest absolute Gasteiger partial charge is 0.137 e. The Morgan fingerprint density at radius 3 is 1.50 bits per heavy atom. The van der Waals surface area contributed by atoms with E-state index in [1.165, 1.54) is 0 Å². The van der Waals surface area contributed by atoms with Crippen LogP contribution in [-0.2, 0) is 12.8 Å². The van der Waals surface area contributed by atoms with Crippen molar-refractivity contribution < 1.29 is 0 Å². The molecule has 0 bridgehead atoms. The standard InChI is InChI=1S/C16H20N6/c17-7-5-13-9-19-15(21-13)11-1-2-12(4-3-11)16-20-10-14(22-16)6-8-18/h1-4,9-10H,5-8,17-18H2,(H,19,21)(H,20,22). The number of imidazole rings is 2. The number of rotatable bonds is 6. The molecule has 114 valence electrons. The number of nitrogens with one attached hydrogen (secondary N) is 2. The summed E-state index contributed by atoms with van der Waals surface area (Å²) in [5, 5.41) is 0. The van der Waals surface area contributed by atoms with Crippen LogP contribution in [0.4, 0.5) is 0 Å². The molecule has 0 atom stereocenters. The summed E-state index contributed by atoms with van der Waals surface area (Å²) in [4.78, 5) is 15.3. The van der Waals surface area contributed by atoms with E-state index in [1.54, 1.807) is 0 Å². The molecule has 22 heavy (non-hydrogen) atoms. The van der Waals surface area contributed by atoms with Crippen molar-refractivity contribution in [2.45, 2.75) is 12.8 Å². The van der Waals surface area contributed by atoms with Crippen molar-refractivity contribution in [1.29, 1.82) is 0 Å². The molecule has 0 radical (unpaired) electrons. The fraction of sp³-hybridized carbons (Fsp3) is 0.250. The quantitative estimate of drug-likeness (QED) is 0.552. The molecule has 0 fully saturated rings. The largest absolute Gasteiger partial charge is 0.342 e. The molecule has 0 saturated carbocycles. The minimum Gasteiger partial charge on any atom is -0.342 e. The Kier molecular flexibility index (Phi) is 4.32. The van der Waals surface area contributed by atoms with Crippen LogP contribution in [0.2, 0.25) is 0 Å². The molecule has 2 aromatic heterocycles. The lowest BCUT2D eigenvalue weighted by Crippen LogP contribution is -2.02. The predicted octanol–water partition coefficient (Wildman–Crippen LogP) is 1.47. The number of aromatic nitrogens is 4. The first-order valence-electron chi connectivity index (χ1n) is 7.39. The molecule has 0 unspecified atom stereocenters. The lowest BCUT2D eigenvalue weighted by atomic mass is 10.1. The van der Waals surface area contributed by atoms with E-state index < -0.39 is 0 Å². The topological polar surface area (TPSA) is 109 Å². The summed E-state index contributed by atoms with van der Waals surface area (Å²) in [6.07, 6.45) is 5.28. The molecule has 0 aliphatic heterocycles. The maximum absolute atomic E-state index is 5.55. The van der Waals surface area contributed by atoms with E-state index in [0.29, 0.717) is 13.1 Å². The molecule has 6 N–H and O–H groups in total. The Hall–Kier alpha value is -2.44. The second kappa shape index (κ2) is 6.55. The van der Waals surface area contributed by atoms with Gasteiger partial charge in [-0.1, -0.05) is 24.3 Å². The van der Waals surface area contributed by atoms with Crippen molar-refractivity contribution >= 4 is 0 Å². The van der Waals surface area contributed by atoms with Gasteiger partial charge in [-0.25, -0.2) is 9.97 Å². The van der Waals surface area contributed by atoms with Crippen molar-refractivity contribution in [3.8, 4) is 22.8 Å². The van der Waals surface area contributed by atoms with Gasteiger partial charge in [0.15, 0.2) is 0 Å². The number of nitrogens with two attached hydrogens (primary N) is 2. The summed E-state index contributed by atoms with van der Waals surface area (Å²) in [7, 11) is 0. The lowest BCUT2D eigenvalue weighted by molar-refractivity contribution is 0.935. The Morgan fingerprint density at radius 1 is 0.727 bits per heavy atom. The summed E-state index contributed by atoms with van der Waals surface area (Å²) < 4.78 is 0. The second-order valence-electron chi connectivity index (χ2n) is 5.17. The van der Waals surface area contributed by atoms with Gasteiger partial charge in [0.1, 0.15) is 11.6 Å². The van der Waals surface area contributed by atoms with Crippen molar-refractivity contribution in [3.05, 3.63) is 48.0 Å². The van der Waals surface area contributed by atoms with Crippen LogP contribution in [0, 0.1) is 0 Å². The third kappa shape index (κ3) is 3.08. The van der Waals surface area contributed by atoms with Gasteiger partial charge in [-0.3, -0.25) is 0 Å². The summed E-state index contributed by atoms with van der Waals surface area (Å²) in [6, 6.07) is 8.13. The number of nitrogens with zero attached hydrogens (tertiary/aromatic N) is 2. The van der Waals surface area contributed by atoms with Crippen LogP contribution >= 0.6 is 0 Å². The van der Waals surface area contributed by atoms with Crippen LogP contribution in [0.5, 0.6) is 0 Å². The van der Waals surface area contributed by atoms with Gasteiger partial charge in [-0.2, -0.15) is 0 Å². The van der Waals surface area contributed by atoms with E-state index in [-0.39, 0.29) is 0 Å². The van der Waals surface area contributed by atoms with Gasteiger partial charge in [0.25, 0.3) is 0 Å². The Labute approximate surface area is 129 Å². The molecule has 6 nitrogen and oxygen atoms in total. The molecule has 6 heteroatoms. The molecule has 2 heterocycles. The summed E-state index contributed by atoms with van der Waals surface area (Å²) in [5.41, 5.74) is 15.3. The second-order valence-corrected chi connectivity index (χ2v) is 5.17. The van der Waals surface area contributed by atoms with Gasteiger partial charge >= 0.3 is 0 Å². The first-order chi connectivity index (χ1) is 10.8. The highest BCUT2D eigenvalue weighted by atomic mass is 14.9. The van der Waals surface area contributed by atoms with Crippen molar-refractivity contribution in [3.63, 3.8) is 0 Å². The van der Waals surface area contributed by atoms with Crippen LogP contribution < -0.4 is 11.5 Å². The van der Waals surface area contributed by atoms with Gasteiger partial charge < -0.3 is 21.4 Å². The van der Waals surface area contributed by atoms with Gasteiger partial charge in [0.2, 0.25) is 0 Å². The normalized spacial score (nSPS) is 11.0. The number of hydrogen-bond acceptors (Lipinski definition) is 4. The van der Waals surface area contributed by atoms with Crippen LogP contribution in [-0.4, -0.2) is 33.0 Å².